The lowest BCUT2D eigenvalue weighted by molar-refractivity contribution is -0.121. The van der Waals surface area contributed by atoms with Crippen LogP contribution in [-0.4, -0.2) is 50.3 Å². The summed E-state index contributed by atoms with van der Waals surface area (Å²) in [6, 6.07) is 13.0. The van der Waals surface area contributed by atoms with E-state index in [1.165, 1.54) is 16.7 Å². The summed E-state index contributed by atoms with van der Waals surface area (Å²) < 4.78 is 21.2. The van der Waals surface area contributed by atoms with Crippen LogP contribution in [0.5, 0.6) is 11.5 Å². The first-order chi connectivity index (χ1) is 19.8. The van der Waals surface area contributed by atoms with Gasteiger partial charge in [-0.25, -0.2) is 9.59 Å². The summed E-state index contributed by atoms with van der Waals surface area (Å²) >= 11 is 2.48. The molecule has 0 spiro atoms. The smallest absolute Gasteiger partial charge is 0.348 e. The van der Waals surface area contributed by atoms with Gasteiger partial charge in [-0.05, 0) is 56.2 Å². The molecule has 2 amide bonds. The minimum absolute atomic E-state index is 0.0919. The van der Waals surface area contributed by atoms with Gasteiger partial charge in [-0.1, -0.05) is 18.2 Å². The lowest BCUT2D eigenvalue weighted by Gasteiger charge is -2.22. The molecule has 3 heterocycles. The van der Waals surface area contributed by atoms with Crippen LogP contribution in [0.15, 0.2) is 47.4 Å². The van der Waals surface area contributed by atoms with Crippen LogP contribution < -0.4 is 19.7 Å². The third kappa shape index (κ3) is 5.89. The lowest BCUT2D eigenvalue weighted by Crippen LogP contribution is -2.38. The number of hydrogen-bond donors (Lipinski definition) is 1. The summed E-state index contributed by atoms with van der Waals surface area (Å²) in [5.41, 5.74) is 1.98. The molecule has 1 N–H and O–H groups in total. The Labute approximate surface area is 244 Å². The molecule has 10 nitrogen and oxygen atoms in total. The molecule has 0 saturated heterocycles. The topological polar surface area (TPSA) is 120 Å². The highest BCUT2D eigenvalue weighted by Crippen LogP contribution is 2.47. The van der Waals surface area contributed by atoms with Gasteiger partial charge in [0, 0.05) is 16.6 Å². The van der Waals surface area contributed by atoms with Crippen molar-refractivity contribution in [2.45, 2.75) is 37.3 Å². The molecular formula is C29H28N2O8S2. The Kier molecular flexibility index (Phi) is 8.50. The van der Waals surface area contributed by atoms with Crippen LogP contribution in [0.4, 0.5) is 10.7 Å². The van der Waals surface area contributed by atoms with Crippen molar-refractivity contribution < 1.29 is 38.1 Å². The molecule has 1 unspecified atom stereocenters. The number of carbonyl (C=O) groups is 4. The van der Waals surface area contributed by atoms with Gasteiger partial charge in [0.25, 0.3) is 0 Å². The van der Waals surface area contributed by atoms with Crippen LogP contribution >= 0.6 is 23.1 Å². The SMILES string of the molecule is CCOC(=O)c1sc(NC(=O)CN2C(=O)CC(c3ccc4c(c3)OCO4)Sc3ccccc32)c(C(=O)OCC)c1C. The molecule has 5 rings (SSSR count). The highest BCUT2D eigenvalue weighted by atomic mass is 32.2. The van der Waals surface area contributed by atoms with E-state index in [1.54, 1.807) is 26.8 Å². The van der Waals surface area contributed by atoms with Gasteiger partial charge in [-0.3, -0.25) is 9.59 Å². The molecule has 3 aromatic rings. The Morgan fingerprint density at radius 2 is 1.76 bits per heavy atom. The number of thiophene rings is 1. The number of anilines is 2. The minimum atomic E-state index is -0.661. The molecule has 214 valence electrons. The number of esters is 2. The first-order valence-corrected chi connectivity index (χ1v) is 14.7. The number of para-hydroxylation sites is 1. The van der Waals surface area contributed by atoms with E-state index in [-0.39, 0.29) is 59.6 Å². The number of amides is 2. The number of fused-ring (bicyclic) bond motifs is 2. The summed E-state index contributed by atoms with van der Waals surface area (Å²) in [4.78, 5) is 54.7. The maximum Gasteiger partial charge on any atom is 0.348 e. The number of ether oxygens (including phenoxy) is 4. The summed E-state index contributed by atoms with van der Waals surface area (Å²) in [5.74, 6) is -0.720. The lowest BCUT2D eigenvalue weighted by atomic mass is 10.1. The molecule has 2 aliphatic rings. The van der Waals surface area contributed by atoms with E-state index in [1.807, 2.05) is 36.4 Å². The highest BCUT2D eigenvalue weighted by molar-refractivity contribution is 7.99. The van der Waals surface area contributed by atoms with Crippen molar-refractivity contribution in [3.8, 4) is 11.5 Å². The number of hydrogen-bond acceptors (Lipinski definition) is 10. The van der Waals surface area contributed by atoms with Crippen LogP contribution in [-0.2, 0) is 19.1 Å². The monoisotopic (exact) mass is 596 g/mol. The number of carbonyl (C=O) groups excluding carboxylic acids is 4. The van der Waals surface area contributed by atoms with Crippen molar-refractivity contribution in [2.75, 3.05) is 36.8 Å². The third-order valence-corrected chi connectivity index (χ3v) is 9.01. The van der Waals surface area contributed by atoms with Gasteiger partial charge in [0.05, 0.1) is 24.5 Å². The predicted octanol–water partition coefficient (Wildman–Crippen LogP) is 5.35. The number of thioether (sulfide) groups is 1. The summed E-state index contributed by atoms with van der Waals surface area (Å²) in [6.45, 7) is 5.10. The normalized spacial score (nSPS) is 15.6. The van der Waals surface area contributed by atoms with Gasteiger partial charge in [-0.2, -0.15) is 0 Å². The van der Waals surface area contributed by atoms with Crippen molar-refractivity contribution >= 4 is 57.5 Å². The standard InChI is InChI=1S/C29H28N2O8S2/c1-4-36-28(34)25-16(3)26(29(35)37-5-2)41-27(25)30-23(32)14-31-18-8-6-7-9-21(18)40-22(13-24(31)33)17-10-11-19-20(12-17)39-15-38-19/h6-12,22H,4-5,13-15H2,1-3H3,(H,30,32). The molecule has 41 heavy (non-hydrogen) atoms. The third-order valence-electron chi connectivity index (χ3n) is 6.50. The zero-order valence-corrected chi connectivity index (χ0v) is 24.3. The van der Waals surface area contributed by atoms with Crippen LogP contribution in [0.2, 0.25) is 0 Å². The van der Waals surface area contributed by atoms with Gasteiger partial charge >= 0.3 is 11.9 Å². The maximum absolute atomic E-state index is 13.6. The van der Waals surface area contributed by atoms with Crippen molar-refractivity contribution in [3.63, 3.8) is 0 Å². The molecule has 1 aromatic heterocycles. The molecule has 0 radical (unpaired) electrons. The molecule has 2 aromatic carbocycles. The maximum atomic E-state index is 13.6. The molecule has 0 fully saturated rings. The summed E-state index contributed by atoms with van der Waals surface area (Å²) in [6.07, 6.45) is 0.144. The second-order valence-electron chi connectivity index (χ2n) is 9.12. The second-order valence-corrected chi connectivity index (χ2v) is 11.4. The van der Waals surface area contributed by atoms with Crippen molar-refractivity contribution in [1.82, 2.24) is 0 Å². The fraction of sp³-hybridized carbons (Fsp3) is 0.310. The largest absolute Gasteiger partial charge is 0.462 e. The molecular weight excluding hydrogens is 568 g/mol. The number of nitrogens with one attached hydrogen (secondary N) is 1. The number of rotatable bonds is 8. The van der Waals surface area contributed by atoms with Gasteiger partial charge in [0.2, 0.25) is 18.6 Å². The van der Waals surface area contributed by atoms with Crippen LogP contribution in [0, 0.1) is 6.92 Å². The molecule has 0 bridgehead atoms. The van der Waals surface area contributed by atoms with E-state index in [4.69, 9.17) is 18.9 Å². The van der Waals surface area contributed by atoms with Crippen LogP contribution in [0.3, 0.4) is 0 Å². The van der Waals surface area contributed by atoms with Crippen molar-refractivity contribution in [1.29, 1.82) is 0 Å². The molecule has 0 saturated carbocycles. The highest BCUT2D eigenvalue weighted by Gasteiger charge is 2.32. The van der Waals surface area contributed by atoms with Gasteiger partial charge < -0.3 is 29.2 Å². The van der Waals surface area contributed by atoms with E-state index in [2.05, 4.69) is 5.32 Å². The van der Waals surface area contributed by atoms with Crippen LogP contribution in [0.1, 0.15) is 56.7 Å². The zero-order chi connectivity index (χ0) is 29.1. The van der Waals surface area contributed by atoms with Crippen molar-refractivity contribution in [2.24, 2.45) is 0 Å². The first-order valence-electron chi connectivity index (χ1n) is 13.0. The number of nitrogens with zero attached hydrogens (tertiary/aromatic N) is 1. The molecule has 2 aliphatic heterocycles. The number of benzene rings is 2. The van der Waals surface area contributed by atoms with E-state index in [0.29, 0.717) is 22.7 Å². The van der Waals surface area contributed by atoms with E-state index in [9.17, 15) is 19.2 Å². The van der Waals surface area contributed by atoms with Gasteiger partial charge in [-0.15, -0.1) is 23.1 Å². The molecule has 1 atom stereocenters. The Morgan fingerprint density at radius 1 is 1.02 bits per heavy atom. The molecule has 12 heteroatoms. The Morgan fingerprint density at radius 3 is 2.54 bits per heavy atom. The van der Waals surface area contributed by atoms with Crippen LogP contribution in [0.25, 0.3) is 0 Å². The Bertz CT molecular complexity index is 1520. The second kappa shape index (κ2) is 12.2. The van der Waals surface area contributed by atoms with E-state index < -0.39 is 17.8 Å². The van der Waals surface area contributed by atoms with Gasteiger partial charge in [0.15, 0.2) is 11.5 Å². The average Bonchev–Trinajstić information content (AvgIpc) is 3.51. The summed E-state index contributed by atoms with van der Waals surface area (Å²) in [7, 11) is 0. The summed E-state index contributed by atoms with van der Waals surface area (Å²) in [5, 5.41) is 2.69. The fourth-order valence-electron chi connectivity index (χ4n) is 4.60. The van der Waals surface area contributed by atoms with E-state index in [0.717, 1.165) is 21.8 Å². The first kappa shape index (κ1) is 28.5. The predicted molar refractivity (Wildman–Crippen MR) is 154 cm³/mol. The average molecular weight is 597 g/mol. The quantitative estimate of drug-likeness (QED) is 0.343. The Hall–Kier alpha value is -4.03. The molecule has 0 aliphatic carbocycles. The van der Waals surface area contributed by atoms with Gasteiger partial charge in [0.1, 0.15) is 16.4 Å². The minimum Gasteiger partial charge on any atom is -0.462 e. The zero-order valence-electron chi connectivity index (χ0n) is 22.7. The fourth-order valence-corrected chi connectivity index (χ4v) is 6.98. The van der Waals surface area contributed by atoms with E-state index >= 15 is 0 Å². The Balaban J connectivity index is 1.40. The van der Waals surface area contributed by atoms with Crippen molar-refractivity contribution in [3.05, 3.63) is 64.0 Å².